The van der Waals surface area contributed by atoms with Crippen molar-refractivity contribution in [2.75, 3.05) is 10.6 Å². The number of rotatable bonds is 4. The van der Waals surface area contributed by atoms with Crippen molar-refractivity contribution in [3.63, 3.8) is 0 Å². The predicted octanol–water partition coefficient (Wildman–Crippen LogP) is 2.48. The van der Waals surface area contributed by atoms with Gasteiger partial charge in [0.25, 0.3) is 5.91 Å². The van der Waals surface area contributed by atoms with Crippen molar-refractivity contribution in [2.45, 2.75) is 6.92 Å². The highest BCUT2D eigenvalue weighted by Gasteiger charge is 2.15. The van der Waals surface area contributed by atoms with Crippen molar-refractivity contribution in [1.82, 2.24) is 25.2 Å². The van der Waals surface area contributed by atoms with Gasteiger partial charge >= 0.3 is 0 Å². The number of carbonyl (C=O) groups excluding carboxylic acids is 2. The fourth-order valence-electron chi connectivity index (χ4n) is 2.56. The molecular weight excluding hydrogens is 366 g/mol. The molecule has 10 heteroatoms. The van der Waals surface area contributed by atoms with Crippen molar-refractivity contribution in [2.24, 2.45) is 0 Å². The maximum atomic E-state index is 12.7. The average Bonchev–Trinajstić information content (AvgIpc) is 3.30. The Labute approximate surface area is 157 Å². The third kappa shape index (κ3) is 3.51. The topological polar surface area (TPSA) is 115 Å². The smallest absolute Gasteiger partial charge is 0.259 e. The van der Waals surface area contributed by atoms with Gasteiger partial charge in [0.2, 0.25) is 5.91 Å². The number of anilines is 2. The van der Waals surface area contributed by atoms with Crippen LogP contribution in [0.25, 0.3) is 15.9 Å². The molecule has 0 saturated carbocycles. The number of nitrogens with zero attached hydrogens (tertiary/aromatic N) is 5. The van der Waals surface area contributed by atoms with Crippen molar-refractivity contribution < 1.29 is 9.59 Å². The maximum Gasteiger partial charge on any atom is 0.259 e. The van der Waals surface area contributed by atoms with Gasteiger partial charge in [-0.2, -0.15) is 4.68 Å². The molecule has 4 aromatic rings. The van der Waals surface area contributed by atoms with Crippen LogP contribution >= 0.6 is 11.3 Å². The summed E-state index contributed by atoms with van der Waals surface area (Å²) in [6.45, 7) is 1.45. The predicted molar refractivity (Wildman–Crippen MR) is 101 cm³/mol. The van der Waals surface area contributed by atoms with Gasteiger partial charge in [0, 0.05) is 12.6 Å². The fourth-order valence-corrected chi connectivity index (χ4v) is 3.46. The molecule has 2 aromatic carbocycles. The van der Waals surface area contributed by atoms with E-state index in [4.69, 9.17) is 0 Å². The lowest BCUT2D eigenvalue weighted by molar-refractivity contribution is -0.114. The van der Waals surface area contributed by atoms with Gasteiger partial charge in [-0.3, -0.25) is 14.9 Å². The molecule has 0 aliphatic carbocycles. The molecule has 0 saturated heterocycles. The van der Waals surface area contributed by atoms with E-state index in [0.717, 1.165) is 10.2 Å². The lowest BCUT2D eigenvalue weighted by Gasteiger charge is -2.07. The molecule has 9 nitrogen and oxygen atoms in total. The molecular formula is C17H13N7O2S. The summed E-state index contributed by atoms with van der Waals surface area (Å²) in [6.07, 6.45) is 1.42. The number of hydrogen-bond donors (Lipinski definition) is 2. The van der Waals surface area contributed by atoms with Crippen LogP contribution in [0.15, 0.2) is 48.8 Å². The second-order valence-corrected chi connectivity index (χ2v) is 6.64. The summed E-state index contributed by atoms with van der Waals surface area (Å²) >= 11 is 1.32. The Bertz CT molecular complexity index is 1140. The molecule has 0 aliphatic rings. The fraction of sp³-hybridized carbons (Fsp3) is 0.0588. The molecule has 27 heavy (non-hydrogen) atoms. The average molecular weight is 379 g/mol. The first-order valence-electron chi connectivity index (χ1n) is 7.92. The first-order valence-corrected chi connectivity index (χ1v) is 8.74. The molecule has 0 fully saturated rings. The third-order valence-corrected chi connectivity index (χ3v) is 4.61. The number of fused-ring (bicyclic) bond motifs is 1. The molecule has 0 atom stereocenters. The number of benzene rings is 2. The van der Waals surface area contributed by atoms with Gasteiger partial charge < -0.3 is 5.32 Å². The van der Waals surface area contributed by atoms with Gasteiger partial charge in [0.15, 0.2) is 5.13 Å². The van der Waals surface area contributed by atoms with Crippen LogP contribution in [0.4, 0.5) is 10.8 Å². The van der Waals surface area contributed by atoms with Crippen molar-refractivity contribution in [3.05, 3.63) is 54.4 Å². The molecule has 0 spiro atoms. The van der Waals surface area contributed by atoms with Crippen molar-refractivity contribution in [3.8, 4) is 5.69 Å². The summed E-state index contributed by atoms with van der Waals surface area (Å²) in [4.78, 5) is 28.3. The number of nitrogens with one attached hydrogen (secondary N) is 2. The number of para-hydroxylation sites is 1. The molecule has 0 aliphatic heterocycles. The van der Waals surface area contributed by atoms with E-state index in [-0.39, 0.29) is 11.8 Å². The number of thiazole rings is 1. The Morgan fingerprint density at radius 1 is 1.11 bits per heavy atom. The highest BCUT2D eigenvalue weighted by Crippen LogP contribution is 2.29. The van der Waals surface area contributed by atoms with Crippen LogP contribution in [0.5, 0.6) is 0 Å². The second kappa shape index (κ2) is 6.92. The Kier molecular flexibility index (Phi) is 4.30. The first kappa shape index (κ1) is 16.8. The zero-order valence-corrected chi connectivity index (χ0v) is 14.9. The summed E-state index contributed by atoms with van der Waals surface area (Å²) in [5, 5.41) is 17.0. The van der Waals surface area contributed by atoms with Crippen LogP contribution in [0.3, 0.4) is 0 Å². The van der Waals surface area contributed by atoms with Gasteiger partial charge in [-0.15, -0.1) is 5.10 Å². The Morgan fingerprint density at radius 3 is 2.74 bits per heavy atom. The summed E-state index contributed by atoms with van der Waals surface area (Å²) < 4.78 is 2.28. The summed E-state index contributed by atoms with van der Waals surface area (Å²) in [7, 11) is 0. The first-order chi connectivity index (χ1) is 13.1. The van der Waals surface area contributed by atoms with Crippen LogP contribution in [0, 0.1) is 0 Å². The zero-order chi connectivity index (χ0) is 18.8. The largest absolute Gasteiger partial charge is 0.326 e. The molecule has 4 rings (SSSR count). The zero-order valence-electron chi connectivity index (χ0n) is 14.1. The number of hydrogen-bond acceptors (Lipinski definition) is 7. The van der Waals surface area contributed by atoms with Crippen LogP contribution in [0.1, 0.15) is 17.3 Å². The number of carbonyl (C=O) groups is 2. The summed E-state index contributed by atoms with van der Waals surface area (Å²) in [5.74, 6) is -0.464. The van der Waals surface area contributed by atoms with E-state index < -0.39 is 0 Å². The molecule has 0 radical (unpaired) electrons. The molecule has 2 aromatic heterocycles. The minimum absolute atomic E-state index is 0.147. The van der Waals surface area contributed by atoms with E-state index >= 15 is 0 Å². The van der Waals surface area contributed by atoms with Crippen LogP contribution in [-0.4, -0.2) is 37.0 Å². The van der Waals surface area contributed by atoms with Crippen molar-refractivity contribution >= 4 is 44.2 Å². The van der Waals surface area contributed by atoms with Gasteiger partial charge in [-0.1, -0.05) is 23.5 Å². The van der Waals surface area contributed by atoms with Gasteiger partial charge in [0.1, 0.15) is 6.33 Å². The highest BCUT2D eigenvalue weighted by molar-refractivity contribution is 7.22. The van der Waals surface area contributed by atoms with Crippen LogP contribution in [-0.2, 0) is 4.79 Å². The summed E-state index contributed by atoms with van der Waals surface area (Å²) in [5.41, 5.74) is 2.40. The van der Waals surface area contributed by atoms with E-state index in [9.17, 15) is 9.59 Å². The SMILES string of the molecule is CC(=O)Nc1ccc2nc(NC(=O)c3ccccc3-n3cnnn3)sc2c1. The van der Waals surface area contributed by atoms with E-state index in [1.165, 1.54) is 29.3 Å². The standard InChI is InChI=1S/C17H13N7O2S/c1-10(25)19-11-6-7-13-15(8-11)27-17(20-13)21-16(26)12-4-2-3-5-14(12)24-9-18-22-23-24/h2-9H,1H3,(H,19,25)(H,20,21,26). The molecule has 2 N–H and O–H groups in total. The Morgan fingerprint density at radius 2 is 1.96 bits per heavy atom. The van der Waals surface area contributed by atoms with Crippen molar-refractivity contribution in [1.29, 1.82) is 0 Å². The number of amides is 2. The van der Waals surface area contributed by atoms with Gasteiger partial charge in [-0.05, 0) is 40.8 Å². The maximum absolute atomic E-state index is 12.7. The van der Waals surface area contributed by atoms with Gasteiger partial charge in [0.05, 0.1) is 21.5 Å². The minimum Gasteiger partial charge on any atom is -0.326 e. The highest BCUT2D eigenvalue weighted by atomic mass is 32.1. The number of tetrazole rings is 1. The quantitative estimate of drug-likeness (QED) is 0.563. The third-order valence-electron chi connectivity index (χ3n) is 3.67. The monoisotopic (exact) mass is 379 g/mol. The summed E-state index contributed by atoms with van der Waals surface area (Å²) in [6, 6.07) is 12.4. The van der Waals surface area contributed by atoms with Crippen LogP contribution < -0.4 is 10.6 Å². The molecule has 0 bridgehead atoms. The Hall–Kier alpha value is -3.66. The van der Waals surface area contributed by atoms with E-state index in [0.29, 0.717) is 22.1 Å². The van der Waals surface area contributed by atoms with E-state index in [1.807, 2.05) is 6.07 Å². The molecule has 0 unspecified atom stereocenters. The minimum atomic E-state index is -0.317. The normalized spacial score (nSPS) is 10.7. The molecule has 2 heterocycles. The lowest BCUT2D eigenvalue weighted by Crippen LogP contribution is -2.15. The molecule has 2 amide bonds. The van der Waals surface area contributed by atoms with E-state index in [1.54, 1.807) is 36.4 Å². The van der Waals surface area contributed by atoms with Gasteiger partial charge in [-0.25, -0.2) is 4.98 Å². The molecule has 134 valence electrons. The Balaban J connectivity index is 1.61. The number of aromatic nitrogens is 5. The lowest BCUT2D eigenvalue weighted by atomic mass is 10.1. The second-order valence-electron chi connectivity index (χ2n) is 5.61. The van der Waals surface area contributed by atoms with E-state index in [2.05, 4.69) is 31.1 Å². The van der Waals surface area contributed by atoms with Crippen LogP contribution in [0.2, 0.25) is 0 Å².